The predicted molar refractivity (Wildman–Crippen MR) is 292 cm³/mol. The Bertz CT molecular complexity index is 3090. The molecule has 0 N–H and O–H groups in total. The number of anilines is 6. The molecule has 10 rings (SSSR count). The Labute approximate surface area is 403 Å². The van der Waals surface area contributed by atoms with Crippen LogP contribution in [0.3, 0.4) is 0 Å². The first-order valence-electron chi connectivity index (χ1n) is 24.9. The number of nitrogens with zero attached hydrogens (tertiary/aromatic N) is 2. The van der Waals surface area contributed by atoms with Crippen LogP contribution in [0.2, 0.25) is 0 Å². The van der Waals surface area contributed by atoms with Gasteiger partial charge >= 0.3 is 0 Å². The summed E-state index contributed by atoms with van der Waals surface area (Å²) in [7, 11) is 0. The molecule has 1 aliphatic carbocycles. The normalized spacial score (nSPS) is 16.0. The van der Waals surface area contributed by atoms with E-state index < -0.39 is 0 Å². The lowest BCUT2D eigenvalue weighted by atomic mass is 9.33. The lowest BCUT2D eigenvalue weighted by Gasteiger charge is -2.48. The van der Waals surface area contributed by atoms with E-state index in [2.05, 4.69) is 247 Å². The van der Waals surface area contributed by atoms with Crippen molar-refractivity contribution in [2.45, 2.75) is 144 Å². The summed E-state index contributed by atoms with van der Waals surface area (Å²) < 4.78 is 0. The van der Waals surface area contributed by atoms with Gasteiger partial charge in [0.1, 0.15) is 0 Å². The smallest absolute Gasteiger partial charge is 0.252 e. The largest absolute Gasteiger partial charge is 0.311 e. The van der Waals surface area contributed by atoms with Crippen molar-refractivity contribution in [2.24, 2.45) is 0 Å². The molecule has 0 bridgehead atoms. The van der Waals surface area contributed by atoms with Gasteiger partial charge in [-0.2, -0.15) is 0 Å². The van der Waals surface area contributed by atoms with Gasteiger partial charge in [0.05, 0.1) is 5.69 Å². The molecule has 0 unspecified atom stereocenters. The number of hydrogen-bond donors (Lipinski definition) is 0. The van der Waals surface area contributed by atoms with Gasteiger partial charge in [0.25, 0.3) is 6.71 Å². The Morgan fingerprint density at radius 2 is 0.910 bits per heavy atom. The van der Waals surface area contributed by atoms with Crippen molar-refractivity contribution in [2.75, 3.05) is 9.80 Å². The van der Waals surface area contributed by atoms with E-state index in [4.69, 9.17) is 0 Å². The standard InChI is InChI=1S/C64H71BN2/c1-40-33-57-59-58(34-40)67(54-30-27-47(62(9,10)11)37-48(54)43-19-17-16-18-20-43)56-39-50-49(63(12,13)31-32-64(50,14)15)38-52(56)65(59)51-36-44(42-21-24-45(25-22-42)60(3,4)5)23-28-55(51)66(57)53-29-26-46(35-41(53)2)61(6,7)8/h16-30,33-39H,31-32H2,1-15H3. The van der Waals surface area contributed by atoms with Crippen LogP contribution in [0.1, 0.15) is 142 Å². The third kappa shape index (κ3) is 7.56. The third-order valence-electron chi connectivity index (χ3n) is 15.8. The second-order valence-electron chi connectivity index (χ2n) is 24.7. The molecule has 0 fully saturated rings. The topological polar surface area (TPSA) is 6.48 Å². The van der Waals surface area contributed by atoms with Crippen LogP contribution in [0.5, 0.6) is 0 Å². The van der Waals surface area contributed by atoms with Gasteiger partial charge in [-0.25, -0.2) is 0 Å². The van der Waals surface area contributed by atoms with E-state index in [1.54, 1.807) is 0 Å². The van der Waals surface area contributed by atoms with Crippen LogP contribution in [0, 0.1) is 13.8 Å². The van der Waals surface area contributed by atoms with E-state index >= 15 is 0 Å². The van der Waals surface area contributed by atoms with E-state index in [-0.39, 0.29) is 33.8 Å². The molecular weight excluding hydrogens is 808 g/mol. The highest BCUT2D eigenvalue weighted by atomic mass is 15.2. The van der Waals surface area contributed by atoms with Crippen LogP contribution in [0.15, 0.2) is 133 Å². The quantitative estimate of drug-likeness (QED) is 0.163. The highest BCUT2D eigenvalue weighted by Gasteiger charge is 2.47. The van der Waals surface area contributed by atoms with Crippen LogP contribution in [-0.4, -0.2) is 6.71 Å². The molecule has 0 saturated carbocycles. The van der Waals surface area contributed by atoms with Gasteiger partial charge in [-0.05, 0) is 168 Å². The number of fused-ring (bicyclic) bond motifs is 5. The average Bonchev–Trinajstić information content (AvgIpc) is 3.27. The molecule has 2 nitrogen and oxygen atoms in total. The van der Waals surface area contributed by atoms with Crippen LogP contribution in [-0.2, 0) is 27.1 Å². The predicted octanol–water partition coefficient (Wildman–Crippen LogP) is 16.0. The maximum absolute atomic E-state index is 2.68. The molecular formula is C64H71BN2. The third-order valence-corrected chi connectivity index (χ3v) is 15.8. The molecule has 7 aromatic rings. The number of benzene rings is 7. The van der Waals surface area contributed by atoms with Crippen molar-refractivity contribution in [1.29, 1.82) is 0 Å². The fourth-order valence-electron chi connectivity index (χ4n) is 11.5. The zero-order valence-electron chi connectivity index (χ0n) is 43.1. The Kier molecular flexibility index (Phi) is 10.3. The molecule has 2 aliphatic heterocycles. The summed E-state index contributed by atoms with van der Waals surface area (Å²) >= 11 is 0. The van der Waals surface area contributed by atoms with E-state index in [9.17, 15) is 0 Å². The molecule has 0 spiro atoms. The molecule has 7 aromatic carbocycles. The summed E-state index contributed by atoms with van der Waals surface area (Å²) in [6.45, 7) is 35.4. The molecule has 0 amide bonds. The Balaban J connectivity index is 1.33. The van der Waals surface area contributed by atoms with Gasteiger partial charge in [-0.1, -0.05) is 181 Å². The first kappa shape index (κ1) is 45.0. The van der Waals surface area contributed by atoms with Gasteiger partial charge in [-0.3, -0.25) is 0 Å². The molecule has 3 aliphatic rings. The number of hydrogen-bond acceptors (Lipinski definition) is 2. The Hall–Kier alpha value is -5.80. The minimum absolute atomic E-state index is 0.00575. The van der Waals surface area contributed by atoms with Gasteiger partial charge in [-0.15, -0.1) is 0 Å². The summed E-state index contributed by atoms with van der Waals surface area (Å²) in [6.07, 6.45) is 2.32. The van der Waals surface area contributed by atoms with Crippen LogP contribution < -0.4 is 26.2 Å². The Morgan fingerprint density at radius 1 is 0.418 bits per heavy atom. The molecule has 0 aromatic heterocycles. The summed E-state index contributed by atoms with van der Waals surface area (Å²) in [6, 6.07) is 52.5. The highest BCUT2D eigenvalue weighted by Crippen LogP contribution is 2.52. The molecule has 0 atom stereocenters. The number of aryl methyl sites for hydroxylation is 2. The van der Waals surface area contributed by atoms with Crippen LogP contribution >= 0.6 is 0 Å². The van der Waals surface area contributed by atoms with E-state index in [1.165, 1.54) is 112 Å². The van der Waals surface area contributed by atoms with Crippen molar-refractivity contribution in [3.63, 3.8) is 0 Å². The summed E-state index contributed by atoms with van der Waals surface area (Å²) in [4.78, 5) is 5.29. The minimum Gasteiger partial charge on any atom is -0.311 e. The van der Waals surface area contributed by atoms with E-state index in [0.29, 0.717) is 0 Å². The minimum atomic E-state index is -0.0144. The molecule has 0 saturated heterocycles. The van der Waals surface area contributed by atoms with Crippen molar-refractivity contribution in [3.05, 3.63) is 172 Å². The molecule has 340 valence electrons. The fraction of sp³-hybridized carbons (Fsp3) is 0.344. The summed E-state index contributed by atoms with van der Waals surface area (Å²) in [5.41, 5.74) is 26.4. The molecule has 0 radical (unpaired) electrons. The van der Waals surface area contributed by atoms with Gasteiger partial charge in [0, 0.05) is 34.0 Å². The molecule has 3 heteroatoms. The maximum atomic E-state index is 2.68. The van der Waals surface area contributed by atoms with Crippen molar-refractivity contribution in [1.82, 2.24) is 0 Å². The van der Waals surface area contributed by atoms with Gasteiger partial charge in [0.15, 0.2) is 0 Å². The van der Waals surface area contributed by atoms with E-state index in [1.807, 2.05) is 0 Å². The lowest BCUT2D eigenvalue weighted by Crippen LogP contribution is -2.62. The lowest BCUT2D eigenvalue weighted by molar-refractivity contribution is 0.332. The van der Waals surface area contributed by atoms with Crippen LogP contribution in [0.25, 0.3) is 22.3 Å². The summed E-state index contributed by atoms with van der Waals surface area (Å²) in [5, 5.41) is 0. The monoisotopic (exact) mass is 879 g/mol. The maximum Gasteiger partial charge on any atom is 0.252 e. The van der Waals surface area contributed by atoms with Crippen molar-refractivity contribution in [3.8, 4) is 22.3 Å². The van der Waals surface area contributed by atoms with Gasteiger partial charge in [0.2, 0.25) is 0 Å². The first-order valence-corrected chi connectivity index (χ1v) is 24.9. The zero-order valence-corrected chi connectivity index (χ0v) is 43.1. The SMILES string of the molecule is Cc1cc2c3c(c1)N(c1ccc(C(C)(C)C)cc1-c1ccccc1)c1cc4c(cc1B3c1cc(-c3ccc(C(C)(C)C)cc3)ccc1N2c1ccc(C(C)(C)C)cc1C)C(C)(C)CCC4(C)C. The van der Waals surface area contributed by atoms with Crippen molar-refractivity contribution < 1.29 is 0 Å². The Morgan fingerprint density at radius 3 is 1.49 bits per heavy atom. The molecule has 67 heavy (non-hydrogen) atoms. The highest BCUT2D eigenvalue weighted by molar-refractivity contribution is 7.00. The summed E-state index contributed by atoms with van der Waals surface area (Å²) in [5.74, 6) is 0. The average molecular weight is 879 g/mol. The second kappa shape index (κ2) is 15.4. The zero-order chi connectivity index (χ0) is 47.7. The fourth-order valence-corrected chi connectivity index (χ4v) is 11.5. The second-order valence-corrected chi connectivity index (χ2v) is 24.7. The van der Waals surface area contributed by atoms with Crippen molar-refractivity contribution >= 4 is 57.2 Å². The van der Waals surface area contributed by atoms with Crippen LogP contribution in [0.4, 0.5) is 34.1 Å². The molecule has 2 heterocycles. The van der Waals surface area contributed by atoms with Gasteiger partial charge < -0.3 is 9.80 Å². The van der Waals surface area contributed by atoms with E-state index in [0.717, 1.165) is 12.8 Å². The first-order chi connectivity index (χ1) is 31.4. The number of rotatable bonds is 4.